The van der Waals surface area contributed by atoms with Crippen molar-refractivity contribution in [3.8, 4) is 0 Å². The van der Waals surface area contributed by atoms with Gasteiger partial charge < -0.3 is 9.84 Å². The highest BCUT2D eigenvalue weighted by atomic mass is 16.5. The maximum Gasteiger partial charge on any atom is 0.0969 e. The van der Waals surface area contributed by atoms with Gasteiger partial charge in [-0.3, -0.25) is 4.68 Å². The van der Waals surface area contributed by atoms with Crippen molar-refractivity contribution in [3.63, 3.8) is 0 Å². The molecule has 0 aliphatic heterocycles. The smallest absolute Gasteiger partial charge is 0.0969 e. The van der Waals surface area contributed by atoms with Crippen LogP contribution in [0.5, 0.6) is 0 Å². The summed E-state index contributed by atoms with van der Waals surface area (Å²) in [7, 11) is 0. The predicted octanol–water partition coefficient (Wildman–Crippen LogP) is 2.08. The van der Waals surface area contributed by atoms with Crippen LogP contribution in [0.1, 0.15) is 17.0 Å². The van der Waals surface area contributed by atoms with Crippen LogP contribution in [0.25, 0.3) is 0 Å². The third kappa shape index (κ3) is 4.19. The van der Waals surface area contributed by atoms with Gasteiger partial charge in [-0.25, -0.2) is 0 Å². The van der Waals surface area contributed by atoms with Gasteiger partial charge >= 0.3 is 0 Å². The summed E-state index contributed by atoms with van der Waals surface area (Å²) >= 11 is 0. The average molecular weight is 260 g/mol. The fraction of sp³-hybridized carbons (Fsp3) is 0.400. The molecule has 1 atom stereocenters. The van der Waals surface area contributed by atoms with Crippen molar-refractivity contribution in [2.45, 2.75) is 33.1 Å². The van der Waals surface area contributed by atoms with E-state index in [1.54, 1.807) is 0 Å². The molecule has 0 spiro atoms. The van der Waals surface area contributed by atoms with Gasteiger partial charge in [0.1, 0.15) is 0 Å². The molecule has 4 nitrogen and oxygen atoms in total. The molecule has 0 aliphatic rings. The fourth-order valence-corrected chi connectivity index (χ4v) is 2.00. The van der Waals surface area contributed by atoms with E-state index >= 15 is 0 Å². The maximum atomic E-state index is 9.93. The highest BCUT2D eigenvalue weighted by molar-refractivity contribution is 5.13. The number of rotatable bonds is 6. The van der Waals surface area contributed by atoms with Crippen molar-refractivity contribution in [3.05, 3.63) is 53.3 Å². The highest BCUT2D eigenvalue weighted by Crippen LogP contribution is 2.05. The number of aliphatic hydroxyl groups is 1. The summed E-state index contributed by atoms with van der Waals surface area (Å²) in [4.78, 5) is 0. The Labute approximate surface area is 113 Å². The topological polar surface area (TPSA) is 47.3 Å². The van der Waals surface area contributed by atoms with Crippen molar-refractivity contribution in [2.75, 3.05) is 6.61 Å². The molecule has 0 radical (unpaired) electrons. The van der Waals surface area contributed by atoms with Gasteiger partial charge in [0.15, 0.2) is 0 Å². The van der Waals surface area contributed by atoms with Crippen LogP contribution >= 0.6 is 0 Å². The standard InChI is InChI=1S/C15H20N2O2/c1-12-8-13(2)17(16-12)9-15(18)11-19-10-14-6-4-3-5-7-14/h3-8,15,18H,9-11H2,1-2H3. The second-order valence-corrected chi connectivity index (χ2v) is 4.76. The first-order valence-corrected chi connectivity index (χ1v) is 6.46. The number of aromatic nitrogens is 2. The van der Waals surface area contributed by atoms with E-state index in [4.69, 9.17) is 4.74 Å². The van der Waals surface area contributed by atoms with Gasteiger partial charge in [0.2, 0.25) is 0 Å². The number of benzene rings is 1. The average Bonchev–Trinajstić information content (AvgIpc) is 2.69. The van der Waals surface area contributed by atoms with Crippen LogP contribution < -0.4 is 0 Å². The van der Waals surface area contributed by atoms with E-state index in [0.717, 1.165) is 17.0 Å². The molecule has 19 heavy (non-hydrogen) atoms. The monoisotopic (exact) mass is 260 g/mol. The number of ether oxygens (including phenoxy) is 1. The van der Waals surface area contributed by atoms with Crippen LogP contribution in [0.15, 0.2) is 36.4 Å². The first kappa shape index (κ1) is 13.8. The van der Waals surface area contributed by atoms with Crippen LogP contribution in [0.3, 0.4) is 0 Å². The quantitative estimate of drug-likeness (QED) is 0.865. The molecule has 1 aromatic carbocycles. The molecule has 1 N–H and O–H groups in total. The zero-order chi connectivity index (χ0) is 13.7. The van der Waals surface area contributed by atoms with E-state index in [-0.39, 0.29) is 0 Å². The Bertz CT molecular complexity index is 508. The summed E-state index contributed by atoms with van der Waals surface area (Å²) in [5.74, 6) is 0. The lowest BCUT2D eigenvalue weighted by molar-refractivity contribution is 0.0184. The Kier molecular flexibility index (Phi) is 4.71. The highest BCUT2D eigenvalue weighted by Gasteiger charge is 2.08. The Hall–Kier alpha value is -1.65. The van der Waals surface area contributed by atoms with Crippen LogP contribution in [0.4, 0.5) is 0 Å². The third-order valence-electron chi connectivity index (χ3n) is 2.91. The zero-order valence-electron chi connectivity index (χ0n) is 11.4. The van der Waals surface area contributed by atoms with Crippen molar-refractivity contribution in [2.24, 2.45) is 0 Å². The van der Waals surface area contributed by atoms with Crippen LogP contribution in [0.2, 0.25) is 0 Å². The van der Waals surface area contributed by atoms with Crippen LogP contribution in [-0.2, 0) is 17.9 Å². The van der Waals surface area contributed by atoms with Gasteiger partial charge in [-0.1, -0.05) is 30.3 Å². The molecule has 0 aliphatic carbocycles. The molecule has 0 saturated heterocycles. The number of aryl methyl sites for hydroxylation is 2. The Morgan fingerprint density at radius 1 is 1.26 bits per heavy atom. The molecule has 1 aromatic heterocycles. The van der Waals surface area contributed by atoms with Crippen LogP contribution in [-0.4, -0.2) is 27.6 Å². The molecule has 4 heteroatoms. The summed E-state index contributed by atoms with van der Waals surface area (Å²) in [6.45, 7) is 5.23. The third-order valence-corrected chi connectivity index (χ3v) is 2.91. The molecule has 102 valence electrons. The molecular formula is C15H20N2O2. The van der Waals surface area contributed by atoms with Gasteiger partial charge in [-0.15, -0.1) is 0 Å². The van der Waals surface area contributed by atoms with Crippen LogP contribution in [0, 0.1) is 13.8 Å². The van der Waals surface area contributed by atoms with E-state index in [9.17, 15) is 5.11 Å². The van der Waals surface area contributed by atoms with Crippen molar-refractivity contribution in [1.82, 2.24) is 9.78 Å². The minimum Gasteiger partial charge on any atom is -0.389 e. The summed E-state index contributed by atoms with van der Waals surface area (Å²) < 4.78 is 7.32. The molecule has 1 unspecified atom stereocenters. The van der Waals surface area contributed by atoms with Gasteiger partial charge in [-0.05, 0) is 25.5 Å². The largest absolute Gasteiger partial charge is 0.389 e. The first-order chi connectivity index (χ1) is 9.15. The molecule has 2 rings (SSSR count). The second kappa shape index (κ2) is 6.50. The predicted molar refractivity (Wildman–Crippen MR) is 73.8 cm³/mol. The van der Waals surface area contributed by atoms with Crippen molar-refractivity contribution in [1.29, 1.82) is 0 Å². The molecule has 0 saturated carbocycles. The summed E-state index contributed by atoms with van der Waals surface area (Å²) in [6.07, 6.45) is -0.540. The first-order valence-electron chi connectivity index (χ1n) is 6.46. The number of nitrogens with zero attached hydrogens (tertiary/aromatic N) is 2. The Morgan fingerprint density at radius 2 is 2.00 bits per heavy atom. The molecule has 1 heterocycles. The summed E-state index contributed by atoms with van der Waals surface area (Å²) in [5, 5.41) is 14.2. The normalized spacial score (nSPS) is 12.6. The lowest BCUT2D eigenvalue weighted by atomic mass is 10.2. The molecular weight excluding hydrogens is 240 g/mol. The lowest BCUT2D eigenvalue weighted by Crippen LogP contribution is -2.23. The maximum absolute atomic E-state index is 9.93. The fourth-order valence-electron chi connectivity index (χ4n) is 2.00. The molecule has 0 bridgehead atoms. The van der Waals surface area contributed by atoms with E-state index < -0.39 is 6.10 Å². The number of aliphatic hydroxyl groups excluding tert-OH is 1. The molecule has 0 fully saturated rings. The molecule has 2 aromatic rings. The molecule has 0 amide bonds. The number of hydrogen-bond donors (Lipinski definition) is 1. The van der Waals surface area contributed by atoms with E-state index in [2.05, 4.69) is 5.10 Å². The SMILES string of the molecule is Cc1cc(C)n(CC(O)COCc2ccccc2)n1. The lowest BCUT2D eigenvalue weighted by Gasteiger charge is -2.12. The summed E-state index contributed by atoms with van der Waals surface area (Å²) in [6, 6.07) is 11.9. The minimum absolute atomic E-state index is 0.313. The van der Waals surface area contributed by atoms with E-state index in [0.29, 0.717) is 19.8 Å². The van der Waals surface area contributed by atoms with E-state index in [1.165, 1.54) is 0 Å². The zero-order valence-corrected chi connectivity index (χ0v) is 11.4. The van der Waals surface area contributed by atoms with Gasteiger partial charge in [0, 0.05) is 5.69 Å². The van der Waals surface area contributed by atoms with E-state index in [1.807, 2.05) is 54.9 Å². The van der Waals surface area contributed by atoms with Crippen molar-refractivity contribution >= 4 is 0 Å². The second-order valence-electron chi connectivity index (χ2n) is 4.76. The van der Waals surface area contributed by atoms with Gasteiger partial charge in [0.05, 0.1) is 31.6 Å². The summed E-state index contributed by atoms with van der Waals surface area (Å²) in [5.41, 5.74) is 3.13. The number of hydrogen-bond acceptors (Lipinski definition) is 3. The van der Waals surface area contributed by atoms with Gasteiger partial charge in [-0.2, -0.15) is 5.10 Å². The Morgan fingerprint density at radius 3 is 2.63 bits per heavy atom. The van der Waals surface area contributed by atoms with Crippen molar-refractivity contribution < 1.29 is 9.84 Å². The minimum atomic E-state index is -0.540. The van der Waals surface area contributed by atoms with Gasteiger partial charge in [0.25, 0.3) is 0 Å². The Balaban J connectivity index is 1.76.